The van der Waals surface area contributed by atoms with Gasteiger partial charge in [0.2, 0.25) is 0 Å². The predicted octanol–water partition coefficient (Wildman–Crippen LogP) is 6.59. The highest BCUT2D eigenvalue weighted by atomic mass is 79.9. The van der Waals surface area contributed by atoms with Gasteiger partial charge in [0.15, 0.2) is 5.65 Å². The van der Waals surface area contributed by atoms with Crippen molar-refractivity contribution in [2.45, 2.75) is 0 Å². The van der Waals surface area contributed by atoms with Gasteiger partial charge in [-0.1, -0.05) is 34.1 Å². The Morgan fingerprint density at radius 3 is 2.00 bits per heavy atom. The van der Waals surface area contributed by atoms with Gasteiger partial charge in [0.1, 0.15) is 11.0 Å². The first-order valence-corrected chi connectivity index (χ1v) is 11.1. The van der Waals surface area contributed by atoms with Gasteiger partial charge in [0, 0.05) is 38.7 Å². The Kier molecular flexibility index (Phi) is 3.63. The van der Waals surface area contributed by atoms with Crippen LogP contribution >= 0.6 is 15.9 Å². The molecule has 0 amide bonds. The molecule has 0 unspecified atom stereocenters. The number of rotatable bonds is 1. The number of aromatic nitrogens is 5. The fraction of sp³-hybridized carbons (Fsp3) is 0. The van der Waals surface area contributed by atoms with Gasteiger partial charge in [-0.2, -0.15) is 0 Å². The largest absolute Gasteiger partial charge is 0.293 e. The van der Waals surface area contributed by atoms with Gasteiger partial charge >= 0.3 is 0 Å². The van der Waals surface area contributed by atoms with Crippen molar-refractivity contribution >= 4 is 70.8 Å². The Balaban J connectivity index is 1.78. The van der Waals surface area contributed by atoms with Crippen molar-refractivity contribution in [2.75, 3.05) is 0 Å². The Morgan fingerprint density at radius 1 is 0.594 bits per heavy atom. The van der Waals surface area contributed by atoms with Crippen LogP contribution in [-0.2, 0) is 0 Å². The van der Waals surface area contributed by atoms with E-state index >= 15 is 0 Å². The van der Waals surface area contributed by atoms with E-state index in [-0.39, 0.29) is 0 Å². The van der Waals surface area contributed by atoms with Crippen molar-refractivity contribution in [3.05, 3.63) is 89.7 Å². The molecule has 7 rings (SSSR count). The fourth-order valence-corrected chi connectivity index (χ4v) is 4.92. The summed E-state index contributed by atoms with van der Waals surface area (Å²) in [7, 11) is 0. The minimum Gasteiger partial charge on any atom is -0.293 e. The summed E-state index contributed by atoms with van der Waals surface area (Å²) in [6.07, 6.45) is 3.60. The maximum Gasteiger partial charge on any atom is 0.165 e. The average molecular weight is 476 g/mol. The van der Waals surface area contributed by atoms with E-state index in [0.717, 1.165) is 65.1 Å². The molecule has 150 valence electrons. The first-order valence-electron chi connectivity index (χ1n) is 10.3. The van der Waals surface area contributed by atoms with Gasteiger partial charge in [-0.25, -0.2) is 9.97 Å². The van der Waals surface area contributed by atoms with Crippen LogP contribution in [-0.4, -0.2) is 24.5 Å². The van der Waals surface area contributed by atoms with Crippen molar-refractivity contribution in [3.63, 3.8) is 0 Å². The monoisotopic (exact) mass is 475 g/mol. The highest BCUT2D eigenvalue weighted by Gasteiger charge is 2.19. The highest BCUT2D eigenvalue weighted by molar-refractivity contribution is 9.10. The van der Waals surface area contributed by atoms with E-state index in [2.05, 4.69) is 60.8 Å². The molecule has 0 N–H and O–H groups in total. The van der Waals surface area contributed by atoms with Crippen molar-refractivity contribution in [1.29, 1.82) is 0 Å². The quantitative estimate of drug-likeness (QED) is 0.251. The molecule has 3 aromatic carbocycles. The number of halogens is 1. The molecule has 0 aliphatic heterocycles. The van der Waals surface area contributed by atoms with Gasteiger partial charge in [0.05, 0.1) is 22.1 Å². The molecule has 0 bridgehead atoms. The minimum atomic E-state index is 0.824. The van der Waals surface area contributed by atoms with Crippen molar-refractivity contribution in [2.24, 2.45) is 0 Å². The van der Waals surface area contributed by atoms with Crippen molar-refractivity contribution < 1.29 is 0 Å². The molecule has 32 heavy (non-hydrogen) atoms. The second-order valence-corrected chi connectivity index (χ2v) is 8.64. The maximum atomic E-state index is 5.22. The molecule has 0 saturated carbocycles. The van der Waals surface area contributed by atoms with Crippen LogP contribution in [0.2, 0.25) is 0 Å². The molecule has 0 fully saturated rings. The Labute approximate surface area is 190 Å². The van der Waals surface area contributed by atoms with Crippen LogP contribution in [0.15, 0.2) is 89.7 Å². The molecule has 0 radical (unpaired) electrons. The van der Waals surface area contributed by atoms with E-state index in [9.17, 15) is 0 Å². The molecule has 5 nitrogen and oxygen atoms in total. The second kappa shape index (κ2) is 6.55. The number of nitrogens with zero attached hydrogens (tertiary/aromatic N) is 5. The van der Waals surface area contributed by atoms with Crippen LogP contribution in [0, 0.1) is 0 Å². The normalized spacial score (nSPS) is 11.9. The van der Waals surface area contributed by atoms with Gasteiger partial charge < -0.3 is 0 Å². The molecular weight excluding hydrogens is 462 g/mol. The summed E-state index contributed by atoms with van der Waals surface area (Å²) in [6, 6.07) is 24.5. The second-order valence-electron chi connectivity index (χ2n) is 7.72. The number of hydrogen-bond donors (Lipinski definition) is 0. The lowest BCUT2D eigenvalue weighted by atomic mass is 10.1. The maximum absolute atomic E-state index is 5.22. The number of fused-ring (bicyclic) bond motifs is 9. The molecule has 0 atom stereocenters. The highest BCUT2D eigenvalue weighted by Crippen LogP contribution is 2.36. The summed E-state index contributed by atoms with van der Waals surface area (Å²) in [4.78, 5) is 19.7. The van der Waals surface area contributed by atoms with Gasteiger partial charge in [0.25, 0.3) is 0 Å². The first-order chi connectivity index (χ1) is 15.8. The van der Waals surface area contributed by atoms with Crippen LogP contribution < -0.4 is 0 Å². The standard InChI is InChI=1S/C26H14BrN5/c27-15-10-11-20-19(14-15)25-26(32(20)16-6-2-1-3-7-16)31-24-18-9-5-13-29-22(18)21-17(23(24)30-25)8-4-12-28-21/h1-14H. The minimum absolute atomic E-state index is 0.824. The van der Waals surface area contributed by atoms with Crippen LogP contribution in [0.5, 0.6) is 0 Å². The Morgan fingerprint density at radius 2 is 1.28 bits per heavy atom. The Hall–Kier alpha value is -3.90. The predicted molar refractivity (Wildman–Crippen MR) is 132 cm³/mol. The summed E-state index contributed by atoms with van der Waals surface area (Å²) in [5, 5.41) is 2.96. The molecule has 7 aromatic rings. The smallest absolute Gasteiger partial charge is 0.165 e. The third-order valence-corrected chi connectivity index (χ3v) is 6.40. The van der Waals surface area contributed by atoms with E-state index in [4.69, 9.17) is 9.97 Å². The van der Waals surface area contributed by atoms with Crippen molar-refractivity contribution in [1.82, 2.24) is 24.5 Å². The lowest BCUT2D eigenvalue weighted by Crippen LogP contribution is -1.97. The number of benzene rings is 3. The zero-order chi connectivity index (χ0) is 21.2. The van der Waals surface area contributed by atoms with Gasteiger partial charge in [-0.05, 0) is 54.6 Å². The van der Waals surface area contributed by atoms with E-state index in [1.165, 1.54) is 0 Å². The van der Waals surface area contributed by atoms with Gasteiger partial charge in [-0.3, -0.25) is 14.5 Å². The number of hydrogen-bond acceptors (Lipinski definition) is 4. The lowest BCUT2D eigenvalue weighted by molar-refractivity contribution is 1.14. The summed E-state index contributed by atoms with van der Waals surface area (Å²) in [6.45, 7) is 0. The van der Waals surface area contributed by atoms with E-state index in [0.29, 0.717) is 0 Å². The third kappa shape index (κ3) is 2.38. The molecule has 0 aliphatic carbocycles. The molecule has 0 saturated heterocycles. The zero-order valence-electron chi connectivity index (χ0n) is 16.7. The zero-order valence-corrected chi connectivity index (χ0v) is 18.3. The topological polar surface area (TPSA) is 56.5 Å². The molecule has 0 spiro atoms. The average Bonchev–Trinajstić information content (AvgIpc) is 3.16. The van der Waals surface area contributed by atoms with Crippen LogP contribution in [0.3, 0.4) is 0 Å². The van der Waals surface area contributed by atoms with E-state index < -0.39 is 0 Å². The molecular formula is C26H14BrN5. The third-order valence-electron chi connectivity index (χ3n) is 5.91. The van der Waals surface area contributed by atoms with E-state index in [1.807, 2.05) is 42.5 Å². The summed E-state index contributed by atoms with van der Waals surface area (Å²) >= 11 is 3.63. The molecule has 0 aliphatic rings. The van der Waals surface area contributed by atoms with E-state index in [1.54, 1.807) is 12.4 Å². The van der Waals surface area contributed by atoms with Gasteiger partial charge in [-0.15, -0.1) is 0 Å². The first kappa shape index (κ1) is 17.7. The summed E-state index contributed by atoms with van der Waals surface area (Å²) in [5.41, 5.74) is 7.17. The molecule has 6 heteroatoms. The number of para-hydroxylation sites is 1. The SMILES string of the molecule is Brc1ccc2c(c1)c1nc3c4cccnc4c4ncccc4c3nc1n2-c1ccccc1. The molecule has 4 aromatic heterocycles. The fourth-order valence-electron chi connectivity index (χ4n) is 4.55. The summed E-state index contributed by atoms with van der Waals surface area (Å²) < 4.78 is 3.19. The Bertz CT molecular complexity index is 1840. The molecule has 4 heterocycles. The van der Waals surface area contributed by atoms with Crippen LogP contribution in [0.4, 0.5) is 0 Å². The lowest BCUT2D eigenvalue weighted by Gasteiger charge is -2.09. The van der Waals surface area contributed by atoms with Crippen molar-refractivity contribution in [3.8, 4) is 5.69 Å². The van der Waals surface area contributed by atoms with Crippen LogP contribution in [0.25, 0.3) is 60.6 Å². The number of pyridine rings is 2. The van der Waals surface area contributed by atoms with Crippen LogP contribution in [0.1, 0.15) is 0 Å². The summed E-state index contributed by atoms with van der Waals surface area (Å²) in [5.74, 6) is 0.